The molecule has 0 N–H and O–H groups in total. The SMILES string of the molecule is CCCCCCC(=O)[C@@H]1C(=O)OC[C@H]1C[N+](=O)[O-]. The zero-order chi connectivity index (χ0) is 13.5. The van der Waals surface area contributed by atoms with Crippen LogP contribution in [0.2, 0.25) is 0 Å². The molecule has 1 aliphatic rings. The second-order valence-electron chi connectivity index (χ2n) is 4.66. The maximum atomic E-state index is 11.9. The van der Waals surface area contributed by atoms with Crippen molar-refractivity contribution in [2.75, 3.05) is 13.2 Å². The fraction of sp³-hybridized carbons (Fsp3) is 0.833. The van der Waals surface area contributed by atoms with Gasteiger partial charge in [-0.2, -0.15) is 0 Å². The molecule has 1 rings (SSSR count). The highest BCUT2D eigenvalue weighted by molar-refractivity contribution is 6.00. The van der Waals surface area contributed by atoms with Gasteiger partial charge in [-0.05, 0) is 6.42 Å². The molecule has 0 saturated carbocycles. The highest BCUT2D eigenvalue weighted by Crippen LogP contribution is 2.25. The minimum Gasteiger partial charge on any atom is -0.465 e. The first-order valence-electron chi connectivity index (χ1n) is 6.37. The van der Waals surface area contributed by atoms with Crippen molar-refractivity contribution in [3.63, 3.8) is 0 Å². The van der Waals surface area contributed by atoms with Crippen molar-refractivity contribution in [1.82, 2.24) is 0 Å². The van der Waals surface area contributed by atoms with Crippen LogP contribution >= 0.6 is 0 Å². The van der Waals surface area contributed by atoms with Crippen LogP contribution in [0.5, 0.6) is 0 Å². The lowest BCUT2D eigenvalue weighted by Crippen LogP contribution is -2.30. The molecule has 1 saturated heterocycles. The second kappa shape index (κ2) is 7.08. The Labute approximate surface area is 106 Å². The zero-order valence-electron chi connectivity index (χ0n) is 10.6. The fourth-order valence-electron chi connectivity index (χ4n) is 2.19. The molecule has 102 valence electrons. The summed E-state index contributed by atoms with van der Waals surface area (Å²) in [6.07, 6.45) is 4.13. The van der Waals surface area contributed by atoms with Gasteiger partial charge >= 0.3 is 5.97 Å². The smallest absolute Gasteiger partial charge is 0.317 e. The number of rotatable bonds is 8. The third kappa shape index (κ3) is 4.09. The Morgan fingerprint density at radius 1 is 1.44 bits per heavy atom. The topological polar surface area (TPSA) is 86.5 Å². The number of ketones is 1. The van der Waals surface area contributed by atoms with Crippen molar-refractivity contribution in [3.8, 4) is 0 Å². The molecule has 0 bridgehead atoms. The highest BCUT2D eigenvalue weighted by Gasteiger charge is 2.44. The first-order valence-corrected chi connectivity index (χ1v) is 6.37. The summed E-state index contributed by atoms with van der Waals surface area (Å²) < 4.78 is 4.76. The number of nitro groups is 1. The van der Waals surface area contributed by atoms with Crippen LogP contribution in [0.4, 0.5) is 0 Å². The summed E-state index contributed by atoms with van der Waals surface area (Å²) in [5.74, 6) is -2.31. The van der Waals surface area contributed by atoms with Crippen molar-refractivity contribution in [2.45, 2.75) is 39.0 Å². The van der Waals surface area contributed by atoms with E-state index >= 15 is 0 Å². The summed E-state index contributed by atoms with van der Waals surface area (Å²) in [7, 11) is 0. The molecule has 18 heavy (non-hydrogen) atoms. The molecular formula is C12H19NO5. The van der Waals surface area contributed by atoms with Crippen LogP contribution in [0.15, 0.2) is 0 Å². The van der Waals surface area contributed by atoms with Crippen molar-refractivity contribution in [2.24, 2.45) is 11.8 Å². The van der Waals surface area contributed by atoms with Crippen LogP contribution in [0.1, 0.15) is 39.0 Å². The summed E-state index contributed by atoms with van der Waals surface area (Å²) in [6, 6.07) is 0. The van der Waals surface area contributed by atoms with Crippen molar-refractivity contribution < 1.29 is 19.2 Å². The van der Waals surface area contributed by atoms with Crippen molar-refractivity contribution >= 4 is 11.8 Å². The van der Waals surface area contributed by atoms with E-state index in [-0.39, 0.29) is 18.9 Å². The quantitative estimate of drug-likeness (QED) is 0.217. The maximum Gasteiger partial charge on any atom is 0.317 e. The lowest BCUT2D eigenvalue weighted by molar-refractivity contribution is -0.488. The van der Waals surface area contributed by atoms with E-state index in [2.05, 4.69) is 6.92 Å². The largest absolute Gasteiger partial charge is 0.465 e. The standard InChI is InChI=1S/C12H19NO5/c1-2-3-4-5-6-10(14)11-9(7-13(16)17)8-18-12(11)15/h9,11H,2-8H2,1H3/t9-,11-/m1/s1. The predicted octanol–water partition coefficient (Wildman–Crippen LogP) is 1.59. The van der Waals surface area contributed by atoms with Crippen LogP contribution in [0, 0.1) is 22.0 Å². The van der Waals surface area contributed by atoms with E-state index in [1.165, 1.54) is 0 Å². The number of Topliss-reactive ketones (excluding diaryl/α,β-unsaturated/α-hetero) is 1. The minimum absolute atomic E-state index is 0.00875. The van der Waals surface area contributed by atoms with E-state index in [4.69, 9.17) is 4.74 Å². The van der Waals surface area contributed by atoms with Gasteiger partial charge in [0.1, 0.15) is 18.3 Å². The molecule has 1 fully saturated rings. The number of nitrogens with zero attached hydrogens (tertiary/aromatic N) is 1. The number of esters is 1. The van der Waals surface area contributed by atoms with Crippen LogP contribution < -0.4 is 0 Å². The van der Waals surface area contributed by atoms with Crippen molar-refractivity contribution in [1.29, 1.82) is 0 Å². The van der Waals surface area contributed by atoms with Gasteiger partial charge < -0.3 is 4.74 Å². The molecule has 0 aromatic rings. The van der Waals surface area contributed by atoms with Crippen LogP contribution in [0.25, 0.3) is 0 Å². The number of cyclic esters (lactones) is 1. The van der Waals surface area contributed by atoms with Crippen LogP contribution in [0.3, 0.4) is 0 Å². The zero-order valence-corrected chi connectivity index (χ0v) is 10.6. The summed E-state index contributed by atoms with van der Waals surface area (Å²) in [5.41, 5.74) is 0. The van der Waals surface area contributed by atoms with E-state index in [9.17, 15) is 19.7 Å². The van der Waals surface area contributed by atoms with Gasteiger partial charge in [-0.1, -0.05) is 26.2 Å². The second-order valence-corrected chi connectivity index (χ2v) is 4.66. The molecule has 1 aliphatic heterocycles. The monoisotopic (exact) mass is 257 g/mol. The summed E-state index contributed by atoms with van der Waals surface area (Å²) >= 11 is 0. The van der Waals surface area contributed by atoms with Gasteiger partial charge in [0.25, 0.3) is 0 Å². The summed E-state index contributed by atoms with van der Waals surface area (Å²) in [5, 5.41) is 10.5. The normalized spacial score (nSPS) is 22.8. The van der Waals surface area contributed by atoms with Gasteiger partial charge in [0.2, 0.25) is 6.54 Å². The third-order valence-electron chi connectivity index (χ3n) is 3.17. The average molecular weight is 257 g/mol. The number of carbonyl (C=O) groups excluding carboxylic acids is 2. The van der Waals surface area contributed by atoms with E-state index in [0.717, 1.165) is 25.7 Å². The molecule has 6 heteroatoms. The summed E-state index contributed by atoms with van der Waals surface area (Å²) in [6.45, 7) is 1.69. The van der Waals surface area contributed by atoms with Crippen LogP contribution in [-0.4, -0.2) is 29.8 Å². The lowest BCUT2D eigenvalue weighted by Gasteiger charge is -2.10. The number of unbranched alkanes of at least 4 members (excludes halogenated alkanes) is 3. The van der Waals surface area contributed by atoms with Gasteiger partial charge in [-0.3, -0.25) is 19.7 Å². The van der Waals surface area contributed by atoms with Gasteiger partial charge in [0.05, 0.1) is 5.92 Å². The molecule has 0 radical (unpaired) electrons. The van der Waals surface area contributed by atoms with Crippen molar-refractivity contribution in [3.05, 3.63) is 10.1 Å². The van der Waals surface area contributed by atoms with E-state index in [1.807, 2.05) is 0 Å². The fourth-order valence-corrected chi connectivity index (χ4v) is 2.19. The Kier molecular flexibility index (Phi) is 5.74. The number of ether oxygens (including phenoxy) is 1. The molecule has 0 aliphatic carbocycles. The van der Waals surface area contributed by atoms with Gasteiger partial charge in [-0.25, -0.2) is 0 Å². The molecule has 0 unspecified atom stereocenters. The predicted molar refractivity (Wildman–Crippen MR) is 63.6 cm³/mol. The van der Waals surface area contributed by atoms with Crippen LogP contribution in [-0.2, 0) is 14.3 Å². The number of hydrogen-bond acceptors (Lipinski definition) is 5. The molecule has 6 nitrogen and oxygen atoms in total. The first-order chi connectivity index (χ1) is 8.56. The lowest BCUT2D eigenvalue weighted by atomic mass is 9.89. The van der Waals surface area contributed by atoms with Gasteiger partial charge in [-0.15, -0.1) is 0 Å². The molecular weight excluding hydrogens is 238 g/mol. The molecule has 0 aromatic heterocycles. The Morgan fingerprint density at radius 3 is 2.78 bits per heavy atom. The number of carbonyl (C=O) groups is 2. The van der Waals surface area contributed by atoms with Gasteiger partial charge in [0, 0.05) is 11.3 Å². The highest BCUT2D eigenvalue weighted by atomic mass is 16.6. The Morgan fingerprint density at radius 2 is 2.17 bits per heavy atom. The van der Waals surface area contributed by atoms with E-state index in [1.54, 1.807) is 0 Å². The first kappa shape index (κ1) is 14.6. The Balaban J connectivity index is 2.47. The molecule has 1 heterocycles. The van der Waals surface area contributed by atoms with Gasteiger partial charge in [0.15, 0.2) is 0 Å². The van der Waals surface area contributed by atoms with E-state index < -0.39 is 22.7 Å². The van der Waals surface area contributed by atoms with E-state index in [0.29, 0.717) is 6.42 Å². The molecule has 2 atom stereocenters. The number of hydrogen-bond donors (Lipinski definition) is 0. The molecule has 0 spiro atoms. The maximum absolute atomic E-state index is 11.9. The Hall–Kier alpha value is -1.46. The molecule has 0 aromatic carbocycles. The molecule has 0 amide bonds. The average Bonchev–Trinajstić information content (AvgIpc) is 2.65. The minimum atomic E-state index is -0.919. The summed E-state index contributed by atoms with van der Waals surface area (Å²) in [4.78, 5) is 33.3. The third-order valence-corrected chi connectivity index (χ3v) is 3.17. The Bertz CT molecular complexity index is 328.